The normalized spacial score (nSPS) is 18.1. The topological polar surface area (TPSA) is 49.0 Å². The van der Waals surface area contributed by atoms with Crippen LogP contribution in [0.2, 0.25) is 0 Å². The third kappa shape index (κ3) is 3.84. The number of aromatic amines is 1. The molecule has 2 heterocycles. The number of aromatic nitrogens is 2. The van der Waals surface area contributed by atoms with Gasteiger partial charge in [0, 0.05) is 36.2 Å². The van der Waals surface area contributed by atoms with Crippen molar-refractivity contribution in [3.63, 3.8) is 0 Å². The third-order valence-corrected chi connectivity index (χ3v) is 5.60. The Hall–Kier alpha value is -2.95. The maximum atomic E-state index is 13.1. The van der Waals surface area contributed by atoms with Gasteiger partial charge < -0.3 is 4.90 Å². The third-order valence-electron chi connectivity index (χ3n) is 5.60. The Morgan fingerprint density at radius 1 is 1.18 bits per heavy atom. The van der Waals surface area contributed by atoms with Gasteiger partial charge in [-0.3, -0.25) is 9.89 Å². The first-order chi connectivity index (χ1) is 13.6. The van der Waals surface area contributed by atoms with Crippen LogP contribution < -0.4 is 0 Å². The van der Waals surface area contributed by atoms with Crippen LogP contribution in [0.15, 0.2) is 60.7 Å². The van der Waals surface area contributed by atoms with Gasteiger partial charge in [-0.15, -0.1) is 0 Å². The number of nitrogens with zero attached hydrogens (tertiary/aromatic N) is 2. The van der Waals surface area contributed by atoms with Crippen molar-refractivity contribution in [1.29, 1.82) is 0 Å². The molecule has 0 aliphatic carbocycles. The van der Waals surface area contributed by atoms with Crippen LogP contribution in [-0.4, -0.2) is 34.1 Å². The molecule has 1 aliphatic rings. The zero-order valence-corrected chi connectivity index (χ0v) is 15.9. The molecule has 28 heavy (non-hydrogen) atoms. The van der Waals surface area contributed by atoms with E-state index < -0.39 is 0 Å². The summed E-state index contributed by atoms with van der Waals surface area (Å²) in [6, 6.07) is 18.2. The van der Waals surface area contributed by atoms with Gasteiger partial charge in [0.05, 0.1) is 5.69 Å². The first-order valence-electron chi connectivity index (χ1n) is 9.77. The second-order valence-corrected chi connectivity index (χ2v) is 7.48. The number of H-pyrrole nitrogens is 1. The minimum Gasteiger partial charge on any atom is -0.338 e. The van der Waals surface area contributed by atoms with Crippen molar-refractivity contribution >= 4 is 5.91 Å². The summed E-state index contributed by atoms with van der Waals surface area (Å²) in [7, 11) is 0. The van der Waals surface area contributed by atoms with Crippen LogP contribution in [-0.2, 0) is 0 Å². The number of carbonyl (C=O) groups is 1. The lowest BCUT2D eigenvalue weighted by atomic mass is 9.92. The largest absolute Gasteiger partial charge is 0.338 e. The molecule has 1 N–H and O–H groups in total. The SMILES string of the molecule is C[C@@H](c1ccccc1)c1cc([C@H]2CCCN(C(=O)c3ccc(F)cc3)C2)[nH]n1. The molecular weight excluding hydrogens is 353 g/mol. The number of rotatable bonds is 4. The van der Waals surface area contributed by atoms with Gasteiger partial charge in [-0.1, -0.05) is 37.3 Å². The van der Waals surface area contributed by atoms with Gasteiger partial charge >= 0.3 is 0 Å². The first kappa shape index (κ1) is 18.4. The van der Waals surface area contributed by atoms with Gasteiger partial charge in [0.15, 0.2) is 0 Å². The number of hydrogen-bond donors (Lipinski definition) is 1. The average Bonchev–Trinajstić information content (AvgIpc) is 3.24. The molecule has 0 unspecified atom stereocenters. The van der Waals surface area contributed by atoms with Crippen molar-refractivity contribution in [3.8, 4) is 0 Å². The van der Waals surface area contributed by atoms with Gasteiger partial charge in [-0.05, 0) is 48.7 Å². The molecule has 0 bridgehead atoms. The molecule has 5 heteroatoms. The number of benzene rings is 2. The highest BCUT2D eigenvalue weighted by atomic mass is 19.1. The van der Waals surface area contributed by atoms with Crippen molar-refractivity contribution in [3.05, 3.63) is 89.0 Å². The van der Waals surface area contributed by atoms with E-state index >= 15 is 0 Å². The number of piperidine rings is 1. The standard InChI is InChI=1S/C23H24FN3O/c1-16(17-6-3-2-4-7-17)21-14-22(26-25-21)19-8-5-13-27(15-19)23(28)18-9-11-20(24)12-10-18/h2-4,6-7,9-12,14,16,19H,5,8,13,15H2,1H3,(H,25,26)/t16-,19-/m0/s1. The molecule has 2 atom stereocenters. The highest BCUT2D eigenvalue weighted by Crippen LogP contribution is 2.30. The number of halogens is 1. The molecule has 0 spiro atoms. The molecule has 2 aromatic carbocycles. The Morgan fingerprint density at radius 2 is 1.93 bits per heavy atom. The number of carbonyl (C=O) groups excluding carboxylic acids is 1. The maximum absolute atomic E-state index is 13.1. The second-order valence-electron chi connectivity index (χ2n) is 7.48. The quantitative estimate of drug-likeness (QED) is 0.715. The van der Waals surface area contributed by atoms with E-state index in [1.807, 2.05) is 23.1 Å². The van der Waals surface area contributed by atoms with E-state index in [1.54, 1.807) is 12.1 Å². The van der Waals surface area contributed by atoms with Gasteiger partial charge in [0.1, 0.15) is 5.82 Å². The Balaban J connectivity index is 1.47. The molecule has 1 aliphatic heterocycles. The molecule has 1 saturated heterocycles. The van der Waals surface area contributed by atoms with Crippen LogP contribution >= 0.6 is 0 Å². The summed E-state index contributed by atoms with van der Waals surface area (Å²) < 4.78 is 13.1. The van der Waals surface area contributed by atoms with E-state index in [9.17, 15) is 9.18 Å². The van der Waals surface area contributed by atoms with E-state index in [-0.39, 0.29) is 23.6 Å². The average molecular weight is 377 g/mol. The summed E-state index contributed by atoms with van der Waals surface area (Å²) in [5.41, 5.74) is 3.86. The molecular formula is C23H24FN3O. The fraction of sp³-hybridized carbons (Fsp3) is 0.304. The molecule has 4 nitrogen and oxygen atoms in total. The highest BCUT2D eigenvalue weighted by Gasteiger charge is 2.27. The minimum atomic E-state index is -0.328. The van der Waals surface area contributed by atoms with Crippen molar-refractivity contribution in [2.24, 2.45) is 0 Å². The van der Waals surface area contributed by atoms with Crippen molar-refractivity contribution in [1.82, 2.24) is 15.1 Å². The monoisotopic (exact) mass is 377 g/mol. The lowest BCUT2D eigenvalue weighted by Gasteiger charge is -2.32. The Morgan fingerprint density at radius 3 is 2.68 bits per heavy atom. The van der Waals surface area contributed by atoms with Gasteiger partial charge in [-0.25, -0.2) is 4.39 Å². The number of likely N-dealkylation sites (tertiary alicyclic amines) is 1. The van der Waals surface area contributed by atoms with Crippen LogP contribution in [0.1, 0.15) is 58.9 Å². The first-order valence-corrected chi connectivity index (χ1v) is 9.77. The van der Waals surface area contributed by atoms with Gasteiger partial charge in [-0.2, -0.15) is 5.10 Å². The molecule has 1 amide bonds. The summed E-state index contributed by atoms with van der Waals surface area (Å²) in [6.45, 7) is 3.53. The highest BCUT2D eigenvalue weighted by molar-refractivity contribution is 5.94. The predicted octanol–water partition coefficient (Wildman–Crippen LogP) is 4.72. The smallest absolute Gasteiger partial charge is 0.253 e. The molecule has 0 radical (unpaired) electrons. The lowest BCUT2D eigenvalue weighted by molar-refractivity contribution is 0.0706. The predicted molar refractivity (Wildman–Crippen MR) is 107 cm³/mol. The molecule has 1 fully saturated rings. The van der Waals surface area contributed by atoms with Crippen molar-refractivity contribution in [2.75, 3.05) is 13.1 Å². The summed E-state index contributed by atoms with van der Waals surface area (Å²) in [5, 5.41) is 7.73. The van der Waals surface area contributed by atoms with Crippen LogP contribution in [0.5, 0.6) is 0 Å². The van der Waals surface area contributed by atoms with E-state index in [0.717, 1.165) is 30.8 Å². The van der Waals surface area contributed by atoms with Crippen LogP contribution in [0, 0.1) is 5.82 Å². The minimum absolute atomic E-state index is 0.0397. The Kier molecular flexibility index (Phi) is 5.24. The molecule has 4 rings (SSSR count). The fourth-order valence-electron chi connectivity index (χ4n) is 3.89. The molecule has 144 valence electrons. The maximum Gasteiger partial charge on any atom is 0.253 e. The van der Waals surface area contributed by atoms with E-state index in [0.29, 0.717) is 12.1 Å². The summed E-state index contributed by atoms with van der Waals surface area (Å²) in [4.78, 5) is 14.6. The van der Waals surface area contributed by atoms with Crippen LogP contribution in [0.25, 0.3) is 0 Å². The molecule has 0 saturated carbocycles. The molecule has 1 aromatic heterocycles. The van der Waals surface area contributed by atoms with E-state index in [4.69, 9.17) is 0 Å². The Labute approximate surface area is 164 Å². The van der Waals surface area contributed by atoms with Gasteiger partial charge in [0.25, 0.3) is 5.91 Å². The van der Waals surface area contributed by atoms with Crippen LogP contribution in [0.4, 0.5) is 4.39 Å². The van der Waals surface area contributed by atoms with Crippen molar-refractivity contribution < 1.29 is 9.18 Å². The zero-order valence-electron chi connectivity index (χ0n) is 15.9. The second kappa shape index (κ2) is 7.97. The van der Waals surface area contributed by atoms with E-state index in [1.165, 1.54) is 17.7 Å². The number of nitrogens with one attached hydrogen (secondary N) is 1. The number of amides is 1. The summed E-state index contributed by atoms with van der Waals surface area (Å²) >= 11 is 0. The molecule has 3 aromatic rings. The fourth-order valence-corrected chi connectivity index (χ4v) is 3.89. The summed E-state index contributed by atoms with van der Waals surface area (Å²) in [6.07, 6.45) is 1.97. The Bertz CT molecular complexity index is 936. The van der Waals surface area contributed by atoms with Crippen molar-refractivity contribution in [2.45, 2.75) is 31.6 Å². The zero-order chi connectivity index (χ0) is 19.5. The lowest BCUT2D eigenvalue weighted by Crippen LogP contribution is -2.39. The van der Waals surface area contributed by atoms with Crippen LogP contribution in [0.3, 0.4) is 0 Å². The van der Waals surface area contributed by atoms with Gasteiger partial charge in [0.2, 0.25) is 0 Å². The van der Waals surface area contributed by atoms with E-state index in [2.05, 4.69) is 35.3 Å². The summed E-state index contributed by atoms with van der Waals surface area (Å²) in [5.74, 6) is 0.0850. The number of hydrogen-bond acceptors (Lipinski definition) is 2.